The molecule has 0 bridgehead atoms. The maximum absolute atomic E-state index is 13.3. The van der Waals surface area contributed by atoms with Crippen LogP contribution in [0, 0.1) is 11.8 Å². The van der Waals surface area contributed by atoms with Gasteiger partial charge in [0.1, 0.15) is 42.4 Å². The number of carbonyl (C=O) groups excluding carboxylic acids is 4. The van der Waals surface area contributed by atoms with Crippen molar-refractivity contribution < 1.29 is 72.4 Å². The summed E-state index contributed by atoms with van der Waals surface area (Å²) in [5.41, 5.74) is -1.49. The largest absolute Gasteiger partial charge is 0.462 e. The lowest BCUT2D eigenvalue weighted by Gasteiger charge is -2.50. The molecular formula is C41H67NO15. The third kappa shape index (κ3) is 13.6. The van der Waals surface area contributed by atoms with Crippen molar-refractivity contribution in [1.82, 2.24) is 4.90 Å². The summed E-state index contributed by atoms with van der Waals surface area (Å²) in [7, 11) is 4.86. The molecule has 16 heteroatoms. The van der Waals surface area contributed by atoms with Crippen molar-refractivity contribution in [3.8, 4) is 0 Å². The van der Waals surface area contributed by atoms with Gasteiger partial charge < -0.3 is 62.9 Å². The van der Waals surface area contributed by atoms with Gasteiger partial charge in [0.2, 0.25) is 0 Å². The van der Waals surface area contributed by atoms with Crippen LogP contribution in [0.2, 0.25) is 0 Å². The second-order valence-electron chi connectivity index (χ2n) is 16.0. The third-order valence-corrected chi connectivity index (χ3v) is 10.9. The molecule has 3 heterocycles. The van der Waals surface area contributed by atoms with Gasteiger partial charge in [-0.2, -0.15) is 0 Å². The molecule has 2 saturated heterocycles. The fourth-order valence-electron chi connectivity index (χ4n) is 7.82. The Morgan fingerprint density at radius 1 is 0.965 bits per heavy atom. The zero-order valence-corrected chi connectivity index (χ0v) is 35.2. The van der Waals surface area contributed by atoms with Gasteiger partial charge in [-0.3, -0.25) is 14.4 Å². The molecule has 0 radical (unpaired) electrons. The van der Waals surface area contributed by atoms with Crippen LogP contribution in [0.1, 0.15) is 93.4 Å². The minimum Gasteiger partial charge on any atom is -0.462 e. The second kappa shape index (κ2) is 22.5. The topological polar surface area (TPSA) is 206 Å². The van der Waals surface area contributed by atoms with E-state index in [0.717, 1.165) is 0 Å². The SMILES string of the molecule is CCC(=O)O[C@@H]1CC(=O)O[C@H](C)C/C=C/C=C/[C@@H](O)[C@H](C)C[C@H](CC=O)[C@H](OC2O[C@H](C)[C@@H](O[C@H]3C[C@@](C)(O)[C@@H](OC(=O)CC)[C@H](C)O3)[C@H](N(C)C)[C@H]2O)[C@H]1OC. The molecule has 2 fully saturated rings. The number of aldehydes is 1. The lowest BCUT2D eigenvalue weighted by molar-refractivity contribution is -0.344. The van der Waals surface area contributed by atoms with E-state index in [9.17, 15) is 34.5 Å². The highest BCUT2D eigenvalue weighted by Gasteiger charge is 2.53. The van der Waals surface area contributed by atoms with E-state index < -0.39 is 121 Å². The van der Waals surface area contributed by atoms with Crippen LogP contribution in [-0.4, -0.2) is 151 Å². The molecule has 0 aromatic carbocycles. The zero-order valence-electron chi connectivity index (χ0n) is 35.2. The molecule has 0 spiro atoms. The molecule has 3 aliphatic rings. The number of carbonyl (C=O) groups is 4. The molecule has 0 aliphatic carbocycles. The quantitative estimate of drug-likeness (QED) is 0.147. The first-order chi connectivity index (χ1) is 26.9. The average molecular weight is 814 g/mol. The highest BCUT2D eigenvalue weighted by Crippen LogP contribution is 2.37. The molecule has 0 aromatic heterocycles. The molecule has 16 nitrogen and oxygen atoms in total. The van der Waals surface area contributed by atoms with E-state index in [4.69, 9.17) is 37.9 Å². The predicted octanol–water partition coefficient (Wildman–Crippen LogP) is 2.77. The van der Waals surface area contributed by atoms with Gasteiger partial charge in [0.15, 0.2) is 18.7 Å². The Morgan fingerprint density at radius 3 is 2.23 bits per heavy atom. The summed E-state index contributed by atoms with van der Waals surface area (Å²) in [5, 5.41) is 34.5. The highest BCUT2D eigenvalue weighted by atomic mass is 16.7. The van der Waals surface area contributed by atoms with E-state index in [2.05, 4.69) is 0 Å². The number of cyclic esters (lactones) is 1. The van der Waals surface area contributed by atoms with Crippen molar-refractivity contribution in [3.63, 3.8) is 0 Å². The van der Waals surface area contributed by atoms with E-state index in [1.807, 2.05) is 13.0 Å². The minimum absolute atomic E-state index is 0.000633. The Bertz CT molecular complexity index is 1350. The van der Waals surface area contributed by atoms with E-state index >= 15 is 0 Å². The maximum atomic E-state index is 13.3. The highest BCUT2D eigenvalue weighted by molar-refractivity contribution is 5.72. The molecule has 3 rings (SSSR count). The molecule has 0 amide bonds. The lowest BCUT2D eigenvalue weighted by Crippen LogP contribution is -2.66. The Morgan fingerprint density at radius 2 is 1.63 bits per heavy atom. The second-order valence-corrected chi connectivity index (χ2v) is 16.0. The van der Waals surface area contributed by atoms with Gasteiger partial charge in [-0.1, -0.05) is 45.1 Å². The molecule has 57 heavy (non-hydrogen) atoms. The van der Waals surface area contributed by atoms with E-state index in [1.165, 1.54) is 7.11 Å². The first-order valence-electron chi connectivity index (χ1n) is 20.1. The fourth-order valence-corrected chi connectivity index (χ4v) is 7.82. The number of aliphatic hydroxyl groups is 3. The number of nitrogens with zero attached hydrogens (tertiary/aromatic N) is 1. The Hall–Kier alpha value is -2.80. The van der Waals surface area contributed by atoms with Crippen molar-refractivity contribution in [2.45, 2.75) is 179 Å². The van der Waals surface area contributed by atoms with E-state index in [0.29, 0.717) is 12.7 Å². The molecule has 3 N–H and O–H groups in total. The van der Waals surface area contributed by atoms with Crippen molar-refractivity contribution in [3.05, 3.63) is 24.3 Å². The van der Waals surface area contributed by atoms with Crippen LogP contribution >= 0.6 is 0 Å². The molecule has 326 valence electrons. The van der Waals surface area contributed by atoms with Gasteiger partial charge in [0, 0.05) is 39.2 Å². The van der Waals surface area contributed by atoms with Crippen LogP contribution in [-0.2, 0) is 57.1 Å². The first-order valence-corrected chi connectivity index (χ1v) is 20.1. The number of allylic oxidation sites excluding steroid dienone is 2. The minimum atomic E-state index is -1.49. The number of esters is 3. The van der Waals surface area contributed by atoms with Gasteiger partial charge in [-0.05, 0) is 60.0 Å². The van der Waals surface area contributed by atoms with Gasteiger partial charge in [0.05, 0.1) is 36.9 Å². The van der Waals surface area contributed by atoms with Crippen LogP contribution in [0.25, 0.3) is 0 Å². The summed E-state index contributed by atoms with van der Waals surface area (Å²) in [6, 6.07) is -0.779. The van der Waals surface area contributed by atoms with Crippen LogP contribution < -0.4 is 0 Å². The molecule has 0 saturated carbocycles. The van der Waals surface area contributed by atoms with Crippen molar-refractivity contribution in [1.29, 1.82) is 0 Å². The average Bonchev–Trinajstić information content (AvgIpc) is 3.13. The van der Waals surface area contributed by atoms with Crippen LogP contribution in [0.5, 0.6) is 0 Å². The number of hydrogen-bond acceptors (Lipinski definition) is 16. The van der Waals surface area contributed by atoms with Crippen LogP contribution in [0.3, 0.4) is 0 Å². The summed E-state index contributed by atoms with van der Waals surface area (Å²) < 4.78 is 48.5. The number of rotatable bonds is 12. The number of ether oxygens (including phenoxy) is 8. The molecule has 16 atom stereocenters. The number of aliphatic hydroxyl groups excluding tert-OH is 2. The number of likely N-dealkylation sites (N-methyl/N-ethyl adjacent to an activating group) is 1. The summed E-state index contributed by atoms with van der Waals surface area (Å²) >= 11 is 0. The molecule has 3 aliphatic heterocycles. The van der Waals surface area contributed by atoms with Gasteiger partial charge in [0.25, 0.3) is 0 Å². The standard InChI is InChI=1S/C41H67NO15/c1-11-30(45)54-29-21-32(47)51-24(4)16-14-13-15-17-28(44)23(3)20-27(18-19-43)37(38(29)50-10)57-40-35(48)34(42(8)9)36(25(5)53-40)56-33-22-41(7,49)39(26(6)52-33)55-31(46)12-2/h13-15,17,19,23-29,33-40,44,48-49H,11-12,16,18,20-22H2,1-10H3/b14-13+,17-15+/t23-,24-,25-,26+,27+,28-,29-,33+,34-,35-,36-,37+,38+,39+,40?,41-/m1/s1. The molecule has 1 unspecified atom stereocenters. The summed E-state index contributed by atoms with van der Waals surface area (Å²) in [6.45, 7) is 11.8. The van der Waals surface area contributed by atoms with E-state index in [1.54, 1.807) is 78.8 Å². The fraction of sp³-hybridized carbons (Fsp3) is 0.805. The Labute approximate surface area is 337 Å². The Balaban J connectivity index is 2.01. The predicted molar refractivity (Wildman–Crippen MR) is 205 cm³/mol. The van der Waals surface area contributed by atoms with Gasteiger partial charge in [-0.25, -0.2) is 0 Å². The summed E-state index contributed by atoms with van der Waals surface area (Å²) in [4.78, 5) is 52.3. The van der Waals surface area contributed by atoms with Crippen molar-refractivity contribution in [2.75, 3.05) is 21.2 Å². The van der Waals surface area contributed by atoms with Crippen molar-refractivity contribution in [2.24, 2.45) is 11.8 Å². The number of hydrogen-bond donors (Lipinski definition) is 3. The maximum Gasteiger partial charge on any atom is 0.309 e. The lowest BCUT2D eigenvalue weighted by atomic mass is 9.82. The van der Waals surface area contributed by atoms with Crippen LogP contribution in [0.4, 0.5) is 0 Å². The summed E-state index contributed by atoms with van der Waals surface area (Å²) in [6.07, 6.45) is -4.08. The van der Waals surface area contributed by atoms with Gasteiger partial charge in [-0.15, -0.1) is 0 Å². The summed E-state index contributed by atoms with van der Waals surface area (Å²) in [5.74, 6) is -2.82. The van der Waals surface area contributed by atoms with Crippen LogP contribution in [0.15, 0.2) is 24.3 Å². The monoisotopic (exact) mass is 813 g/mol. The van der Waals surface area contributed by atoms with E-state index in [-0.39, 0.29) is 32.1 Å². The Kier molecular flexibility index (Phi) is 19.2. The molecular weight excluding hydrogens is 746 g/mol. The van der Waals surface area contributed by atoms with Crippen molar-refractivity contribution >= 4 is 24.2 Å². The molecule has 0 aromatic rings. The zero-order chi connectivity index (χ0) is 42.6. The number of methoxy groups -OCH3 is 1. The van der Waals surface area contributed by atoms with Gasteiger partial charge >= 0.3 is 17.9 Å². The third-order valence-electron chi connectivity index (χ3n) is 10.9. The smallest absolute Gasteiger partial charge is 0.309 e. The normalized spacial score (nSPS) is 41.1. The first kappa shape index (κ1) is 48.6.